The van der Waals surface area contributed by atoms with Crippen LogP contribution in [0.15, 0.2) is 0 Å². The molecule has 19 heavy (non-hydrogen) atoms. The fourth-order valence-electron chi connectivity index (χ4n) is 2.56. The highest BCUT2D eigenvalue weighted by Crippen LogP contribution is 2.25. The molecule has 5 nitrogen and oxygen atoms in total. The van der Waals surface area contributed by atoms with E-state index in [-0.39, 0.29) is 18.9 Å². The lowest BCUT2D eigenvalue weighted by Gasteiger charge is -2.21. The largest absolute Gasteiger partial charge is 0.481 e. The first kappa shape index (κ1) is 16.0. The van der Waals surface area contributed by atoms with Gasteiger partial charge in [-0.05, 0) is 19.4 Å². The molecule has 0 heterocycles. The maximum atomic E-state index is 11.6. The maximum Gasteiger partial charge on any atom is 0.304 e. The molecular weight excluding hydrogens is 244 g/mol. The van der Waals surface area contributed by atoms with E-state index in [9.17, 15) is 9.59 Å². The zero-order valence-corrected chi connectivity index (χ0v) is 11.9. The summed E-state index contributed by atoms with van der Waals surface area (Å²) in [4.78, 5) is 23.8. The maximum absolute atomic E-state index is 11.6. The summed E-state index contributed by atoms with van der Waals surface area (Å²) in [5, 5.41) is 11.5. The van der Waals surface area contributed by atoms with Gasteiger partial charge in [-0.1, -0.05) is 32.1 Å². The first-order chi connectivity index (χ1) is 9.08. The van der Waals surface area contributed by atoms with Crippen LogP contribution in [0.3, 0.4) is 0 Å². The molecule has 1 amide bonds. The van der Waals surface area contributed by atoms with E-state index in [2.05, 4.69) is 5.32 Å². The van der Waals surface area contributed by atoms with Crippen LogP contribution in [0.2, 0.25) is 0 Å². The molecule has 0 aromatic carbocycles. The highest BCUT2D eigenvalue weighted by Gasteiger charge is 2.13. The molecule has 1 rings (SSSR count). The van der Waals surface area contributed by atoms with Crippen molar-refractivity contribution in [1.29, 1.82) is 0 Å². The van der Waals surface area contributed by atoms with Crippen LogP contribution in [0.4, 0.5) is 0 Å². The van der Waals surface area contributed by atoms with Crippen LogP contribution < -0.4 is 5.32 Å². The number of aliphatic carboxylic acids is 1. The quantitative estimate of drug-likeness (QED) is 0.701. The van der Waals surface area contributed by atoms with E-state index in [1.165, 1.54) is 32.1 Å². The summed E-state index contributed by atoms with van der Waals surface area (Å²) >= 11 is 0. The van der Waals surface area contributed by atoms with Crippen LogP contribution in [0.5, 0.6) is 0 Å². The van der Waals surface area contributed by atoms with Crippen LogP contribution in [0.1, 0.15) is 44.9 Å². The number of rotatable bonds is 8. The van der Waals surface area contributed by atoms with E-state index >= 15 is 0 Å². The lowest BCUT2D eigenvalue weighted by Crippen LogP contribution is -2.37. The van der Waals surface area contributed by atoms with Crippen LogP contribution in [0, 0.1) is 5.92 Å². The Morgan fingerprint density at radius 1 is 1.26 bits per heavy atom. The molecule has 1 aliphatic carbocycles. The van der Waals surface area contributed by atoms with Gasteiger partial charge in [0.2, 0.25) is 5.91 Å². The van der Waals surface area contributed by atoms with E-state index in [0.29, 0.717) is 6.54 Å². The molecule has 0 atom stereocenters. The van der Waals surface area contributed by atoms with Crippen molar-refractivity contribution >= 4 is 11.9 Å². The van der Waals surface area contributed by atoms with E-state index in [1.54, 1.807) is 11.9 Å². The summed E-state index contributed by atoms with van der Waals surface area (Å²) < 4.78 is 0. The number of amides is 1. The van der Waals surface area contributed by atoms with Crippen molar-refractivity contribution in [2.75, 3.05) is 26.7 Å². The minimum Gasteiger partial charge on any atom is -0.481 e. The summed E-state index contributed by atoms with van der Waals surface area (Å²) in [6, 6.07) is 0. The number of carbonyl (C=O) groups is 2. The van der Waals surface area contributed by atoms with Gasteiger partial charge in [0, 0.05) is 13.1 Å². The monoisotopic (exact) mass is 270 g/mol. The van der Waals surface area contributed by atoms with Crippen molar-refractivity contribution in [3.8, 4) is 0 Å². The van der Waals surface area contributed by atoms with Crippen LogP contribution in [0.25, 0.3) is 0 Å². The first-order valence-corrected chi connectivity index (χ1v) is 7.25. The van der Waals surface area contributed by atoms with Gasteiger partial charge in [0.05, 0.1) is 13.0 Å². The smallest absolute Gasteiger partial charge is 0.304 e. The fraction of sp³-hybridized carbons (Fsp3) is 0.857. The van der Waals surface area contributed by atoms with Gasteiger partial charge in [0.25, 0.3) is 0 Å². The van der Waals surface area contributed by atoms with Crippen molar-refractivity contribution < 1.29 is 14.7 Å². The number of likely N-dealkylation sites (N-methyl/N-ethyl adjacent to an activating group) is 1. The topological polar surface area (TPSA) is 69.6 Å². The third-order valence-corrected chi connectivity index (χ3v) is 3.72. The molecule has 0 unspecified atom stereocenters. The zero-order chi connectivity index (χ0) is 14.1. The first-order valence-electron chi connectivity index (χ1n) is 7.25. The Hall–Kier alpha value is -1.10. The molecule has 1 saturated carbocycles. The van der Waals surface area contributed by atoms with Gasteiger partial charge >= 0.3 is 5.97 Å². The molecule has 0 aromatic rings. The molecule has 110 valence electrons. The van der Waals surface area contributed by atoms with Crippen LogP contribution in [-0.2, 0) is 9.59 Å². The van der Waals surface area contributed by atoms with Crippen LogP contribution >= 0.6 is 0 Å². The van der Waals surface area contributed by atoms with Gasteiger partial charge in [-0.3, -0.25) is 14.5 Å². The van der Waals surface area contributed by atoms with Gasteiger partial charge in [-0.2, -0.15) is 0 Å². The normalized spacial score (nSPS) is 16.5. The number of hydrogen-bond donors (Lipinski definition) is 2. The average molecular weight is 270 g/mol. The average Bonchev–Trinajstić information content (AvgIpc) is 2.37. The minimum absolute atomic E-state index is 0.0105. The third kappa shape index (κ3) is 7.82. The van der Waals surface area contributed by atoms with Gasteiger partial charge in [-0.25, -0.2) is 0 Å². The molecular formula is C14H26N2O3. The fourth-order valence-corrected chi connectivity index (χ4v) is 2.56. The molecule has 1 aliphatic rings. The van der Waals surface area contributed by atoms with Crippen molar-refractivity contribution in [3.63, 3.8) is 0 Å². The second-order valence-electron chi connectivity index (χ2n) is 5.52. The summed E-state index contributed by atoms with van der Waals surface area (Å²) in [5.74, 6) is -0.0629. The lowest BCUT2D eigenvalue weighted by molar-refractivity contribution is -0.137. The molecule has 0 aromatic heterocycles. The number of hydrogen-bond acceptors (Lipinski definition) is 3. The van der Waals surface area contributed by atoms with Crippen molar-refractivity contribution in [1.82, 2.24) is 10.2 Å². The summed E-state index contributed by atoms with van der Waals surface area (Å²) in [6.07, 6.45) is 7.77. The molecule has 0 saturated heterocycles. The molecule has 0 spiro atoms. The Labute approximate surface area is 115 Å². The zero-order valence-electron chi connectivity index (χ0n) is 11.9. The SMILES string of the molecule is CN(CCC(=O)O)CC(=O)NCCC1CCCCC1. The Morgan fingerprint density at radius 2 is 1.95 bits per heavy atom. The number of carboxylic acids is 1. The Bertz CT molecular complexity index is 288. The van der Waals surface area contributed by atoms with E-state index < -0.39 is 5.97 Å². The Balaban J connectivity index is 2.04. The molecule has 1 fully saturated rings. The molecule has 0 radical (unpaired) electrons. The molecule has 2 N–H and O–H groups in total. The van der Waals surface area contributed by atoms with Crippen LogP contribution in [-0.4, -0.2) is 48.6 Å². The van der Waals surface area contributed by atoms with Gasteiger partial charge in [0.1, 0.15) is 0 Å². The third-order valence-electron chi connectivity index (χ3n) is 3.72. The van der Waals surface area contributed by atoms with Crippen molar-refractivity contribution in [3.05, 3.63) is 0 Å². The Morgan fingerprint density at radius 3 is 2.58 bits per heavy atom. The predicted molar refractivity (Wildman–Crippen MR) is 74.0 cm³/mol. The van der Waals surface area contributed by atoms with Crippen molar-refractivity contribution in [2.24, 2.45) is 5.92 Å². The highest BCUT2D eigenvalue weighted by molar-refractivity contribution is 5.78. The number of carboxylic acid groups (broad SMARTS) is 1. The molecule has 0 bridgehead atoms. The van der Waals surface area contributed by atoms with Crippen molar-refractivity contribution in [2.45, 2.75) is 44.9 Å². The molecule has 5 heteroatoms. The van der Waals surface area contributed by atoms with E-state index in [4.69, 9.17) is 5.11 Å². The summed E-state index contributed by atoms with van der Waals surface area (Å²) in [6.45, 7) is 1.43. The number of carbonyl (C=O) groups excluding carboxylic acids is 1. The summed E-state index contributed by atoms with van der Waals surface area (Å²) in [7, 11) is 1.77. The van der Waals surface area contributed by atoms with Gasteiger partial charge in [-0.15, -0.1) is 0 Å². The predicted octanol–water partition coefficient (Wildman–Crippen LogP) is 1.48. The lowest BCUT2D eigenvalue weighted by atomic mass is 9.87. The second kappa shape index (κ2) is 8.91. The summed E-state index contributed by atoms with van der Waals surface area (Å²) in [5.41, 5.74) is 0. The van der Waals surface area contributed by atoms with Gasteiger partial charge in [0.15, 0.2) is 0 Å². The van der Waals surface area contributed by atoms with E-state index in [0.717, 1.165) is 18.9 Å². The number of nitrogens with one attached hydrogen (secondary N) is 1. The van der Waals surface area contributed by atoms with E-state index in [1.807, 2.05) is 0 Å². The highest BCUT2D eigenvalue weighted by atomic mass is 16.4. The standard InChI is InChI=1S/C14H26N2O3/c1-16(10-8-14(18)19)11-13(17)15-9-7-12-5-3-2-4-6-12/h12H,2-11H2,1H3,(H,15,17)(H,18,19). The minimum atomic E-state index is -0.829. The Kier molecular flexibility index (Phi) is 7.48. The van der Waals surface area contributed by atoms with Gasteiger partial charge < -0.3 is 10.4 Å². The number of nitrogens with zero attached hydrogens (tertiary/aromatic N) is 1. The second-order valence-corrected chi connectivity index (χ2v) is 5.52. The molecule has 0 aliphatic heterocycles.